The highest BCUT2D eigenvalue weighted by Gasteiger charge is 2.34. The van der Waals surface area contributed by atoms with Gasteiger partial charge in [0.1, 0.15) is 10.8 Å². The third-order valence-corrected chi connectivity index (χ3v) is 6.22. The number of rotatable bonds is 7. The zero-order valence-electron chi connectivity index (χ0n) is 17.5. The van der Waals surface area contributed by atoms with Gasteiger partial charge in [-0.25, -0.2) is 0 Å². The maximum Gasteiger partial charge on any atom is 0.261 e. The smallest absolute Gasteiger partial charge is 0.261 e. The highest BCUT2D eigenvalue weighted by atomic mass is 32.1. The van der Waals surface area contributed by atoms with Crippen molar-refractivity contribution in [3.05, 3.63) is 64.7 Å². The Bertz CT molecular complexity index is 1080. The number of anilines is 2. The van der Waals surface area contributed by atoms with E-state index in [9.17, 15) is 9.59 Å². The standard InChI is InChI=1S/C23H24N4O3S/c1-3-15-9-11-17(12-10-15)27-14-16(13-20(27)28)22-25-26-23(31-22)24-21(29)18-7-5-6-8-19(18)30-4-2/h5-12,16H,3-4,13-14H2,1-2H3,(H,24,26,29)/t16-/m1/s1. The Morgan fingerprint density at radius 1 is 1.16 bits per heavy atom. The van der Waals surface area contributed by atoms with Gasteiger partial charge in [0.2, 0.25) is 11.0 Å². The topological polar surface area (TPSA) is 84.4 Å². The SMILES string of the molecule is CCOc1ccccc1C(=O)Nc1nnc([C@@H]2CC(=O)N(c3ccc(CC)cc3)C2)s1. The number of nitrogens with zero attached hydrogens (tertiary/aromatic N) is 3. The molecule has 0 saturated carbocycles. The van der Waals surface area contributed by atoms with Crippen LogP contribution in [0, 0.1) is 0 Å². The lowest BCUT2D eigenvalue weighted by Crippen LogP contribution is -2.24. The molecule has 0 radical (unpaired) electrons. The fourth-order valence-electron chi connectivity index (χ4n) is 3.58. The number of aryl methyl sites for hydroxylation is 1. The Labute approximate surface area is 185 Å². The number of aromatic nitrogens is 2. The first-order chi connectivity index (χ1) is 15.1. The van der Waals surface area contributed by atoms with Crippen LogP contribution < -0.4 is 15.0 Å². The molecular formula is C23H24N4O3S. The fourth-order valence-corrected chi connectivity index (χ4v) is 4.41. The number of hydrogen-bond donors (Lipinski definition) is 1. The average molecular weight is 437 g/mol. The molecule has 1 saturated heterocycles. The van der Waals surface area contributed by atoms with Gasteiger partial charge in [0, 0.05) is 24.6 Å². The van der Waals surface area contributed by atoms with Gasteiger partial charge in [-0.2, -0.15) is 0 Å². The van der Waals surface area contributed by atoms with Crippen molar-refractivity contribution >= 4 is 34.0 Å². The molecule has 7 nitrogen and oxygen atoms in total. The van der Waals surface area contributed by atoms with E-state index in [0.717, 1.165) is 17.1 Å². The summed E-state index contributed by atoms with van der Waals surface area (Å²) in [5, 5.41) is 12.3. The van der Waals surface area contributed by atoms with Crippen LogP contribution >= 0.6 is 11.3 Å². The van der Waals surface area contributed by atoms with Crippen LogP contribution in [-0.4, -0.2) is 35.2 Å². The lowest BCUT2D eigenvalue weighted by Gasteiger charge is -2.16. The minimum atomic E-state index is -0.299. The van der Waals surface area contributed by atoms with E-state index in [1.807, 2.05) is 25.1 Å². The van der Waals surface area contributed by atoms with Crippen molar-refractivity contribution in [2.75, 3.05) is 23.4 Å². The molecule has 2 heterocycles. The van der Waals surface area contributed by atoms with Gasteiger partial charge in [-0.3, -0.25) is 14.9 Å². The summed E-state index contributed by atoms with van der Waals surface area (Å²) >= 11 is 1.30. The number of carbonyl (C=O) groups excluding carboxylic acids is 2. The summed E-state index contributed by atoms with van der Waals surface area (Å²) in [7, 11) is 0. The molecule has 1 aliphatic rings. The Morgan fingerprint density at radius 3 is 2.68 bits per heavy atom. The molecule has 1 aliphatic heterocycles. The van der Waals surface area contributed by atoms with Crippen LogP contribution in [-0.2, 0) is 11.2 Å². The van der Waals surface area contributed by atoms with Crippen LogP contribution in [0.15, 0.2) is 48.5 Å². The van der Waals surface area contributed by atoms with Crippen molar-refractivity contribution in [3.8, 4) is 5.75 Å². The van der Waals surface area contributed by atoms with E-state index in [-0.39, 0.29) is 17.7 Å². The number of benzene rings is 2. The second-order valence-electron chi connectivity index (χ2n) is 7.25. The number of carbonyl (C=O) groups is 2. The monoisotopic (exact) mass is 436 g/mol. The Balaban J connectivity index is 1.44. The van der Waals surface area contributed by atoms with Crippen LogP contribution in [0.3, 0.4) is 0 Å². The second kappa shape index (κ2) is 9.26. The summed E-state index contributed by atoms with van der Waals surface area (Å²) in [6.45, 7) is 5.00. The number of ether oxygens (including phenoxy) is 1. The summed E-state index contributed by atoms with van der Waals surface area (Å²) in [6, 6.07) is 15.2. The third-order valence-electron chi connectivity index (χ3n) is 5.22. The molecule has 8 heteroatoms. The van der Waals surface area contributed by atoms with Crippen LogP contribution in [0.25, 0.3) is 0 Å². The molecule has 0 unspecified atom stereocenters. The molecule has 31 heavy (non-hydrogen) atoms. The van der Waals surface area contributed by atoms with E-state index in [2.05, 4.69) is 34.6 Å². The molecule has 160 valence electrons. The molecule has 1 atom stereocenters. The molecule has 0 spiro atoms. The van der Waals surface area contributed by atoms with Crippen molar-refractivity contribution < 1.29 is 14.3 Å². The van der Waals surface area contributed by atoms with E-state index in [4.69, 9.17) is 4.74 Å². The minimum Gasteiger partial charge on any atom is -0.493 e. The highest BCUT2D eigenvalue weighted by Crippen LogP contribution is 2.34. The first-order valence-corrected chi connectivity index (χ1v) is 11.2. The lowest BCUT2D eigenvalue weighted by atomic mass is 10.1. The van der Waals surface area contributed by atoms with Crippen molar-refractivity contribution in [1.29, 1.82) is 0 Å². The number of hydrogen-bond acceptors (Lipinski definition) is 6. The summed E-state index contributed by atoms with van der Waals surface area (Å²) in [6.07, 6.45) is 1.34. The molecule has 0 aliphatic carbocycles. The normalized spacial score (nSPS) is 15.9. The van der Waals surface area contributed by atoms with Crippen molar-refractivity contribution in [2.45, 2.75) is 32.6 Å². The zero-order valence-corrected chi connectivity index (χ0v) is 18.3. The zero-order chi connectivity index (χ0) is 21.8. The van der Waals surface area contributed by atoms with E-state index in [1.165, 1.54) is 16.9 Å². The van der Waals surface area contributed by atoms with Crippen molar-refractivity contribution in [3.63, 3.8) is 0 Å². The van der Waals surface area contributed by atoms with Gasteiger partial charge in [-0.1, -0.05) is 42.5 Å². The van der Waals surface area contributed by atoms with Crippen LogP contribution in [0.2, 0.25) is 0 Å². The molecule has 1 aromatic heterocycles. The largest absolute Gasteiger partial charge is 0.493 e. The van der Waals surface area contributed by atoms with Crippen molar-refractivity contribution in [2.24, 2.45) is 0 Å². The Hall–Kier alpha value is -3.26. The van der Waals surface area contributed by atoms with Crippen LogP contribution in [0.4, 0.5) is 10.8 Å². The molecule has 1 N–H and O–H groups in total. The summed E-state index contributed by atoms with van der Waals surface area (Å²) < 4.78 is 5.53. The molecule has 4 rings (SSSR count). The predicted molar refractivity (Wildman–Crippen MR) is 121 cm³/mol. The molecule has 2 amide bonds. The van der Waals surface area contributed by atoms with Crippen LogP contribution in [0.1, 0.15) is 47.1 Å². The highest BCUT2D eigenvalue weighted by molar-refractivity contribution is 7.15. The summed E-state index contributed by atoms with van der Waals surface area (Å²) in [5.41, 5.74) is 2.58. The molecule has 1 fully saturated rings. The van der Waals surface area contributed by atoms with Gasteiger partial charge >= 0.3 is 0 Å². The maximum absolute atomic E-state index is 12.7. The number of para-hydroxylation sites is 1. The van der Waals surface area contributed by atoms with Gasteiger partial charge in [-0.15, -0.1) is 10.2 Å². The van der Waals surface area contributed by atoms with E-state index in [1.54, 1.807) is 23.1 Å². The third kappa shape index (κ3) is 4.59. The first kappa shape index (κ1) is 21.0. The van der Waals surface area contributed by atoms with E-state index in [0.29, 0.717) is 36.0 Å². The first-order valence-electron chi connectivity index (χ1n) is 10.3. The number of amides is 2. The molecule has 3 aromatic rings. The maximum atomic E-state index is 12.7. The quantitative estimate of drug-likeness (QED) is 0.598. The molecule has 2 aromatic carbocycles. The van der Waals surface area contributed by atoms with E-state index >= 15 is 0 Å². The predicted octanol–water partition coefficient (Wildman–Crippen LogP) is 4.27. The average Bonchev–Trinajstić information content (AvgIpc) is 3.41. The number of nitrogens with one attached hydrogen (secondary N) is 1. The summed E-state index contributed by atoms with van der Waals surface area (Å²) in [5.74, 6) is 0.253. The van der Waals surface area contributed by atoms with Gasteiger partial charge in [0.15, 0.2) is 0 Å². The van der Waals surface area contributed by atoms with Gasteiger partial charge in [0.25, 0.3) is 5.91 Å². The molecular weight excluding hydrogens is 412 g/mol. The molecule has 0 bridgehead atoms. The second-order valence-corrected chi connectivity index (χ2v) is 8.26. The lowest BCUT2D eigenvalue weighted by molar-refractivity contribution is -0.117. The van der Waals surface area contributed by atoms with Gasteiger partial charge < -0.3 is 9.64 Å². The minimum absolute atomic E-state index is 0.0442. The van der Waals surface area contributed by atoms with Gasteiger partial charge in [-0.05, 0) is 43.2 Å². The van der Waals surface area contributed by atoms with E-state index < -0.39 is 0 Å². The van der Waals surface area contributed by atoms with Crippen LogP contribution in [0.5, 0.6) is 5.75 Å². The fraction of sp³-hybridized carbons (Fsp3) is 0.304. The van der Waals surface area contributed by atoms with Crippen molar-refractivity contribution in [1.82, 2.24) is 10.2 Å². The summed E-state index contributed by atoms with van der Waals surface area (Å²) in [4.78, 5) is 27.0. The Morgan fingerprint density at radius 2 is 1.94 bits per heavy atom. The van der Waals surface area contributed by atoms with Gasteiger partial charge in [0.05, 0.1) is 12.2 Å². The Kier molecular flexibility index (Phi) is 6.27.